The van der Waals surface area contributed by atoms with Gasteiger partial charge >= 0.3 is 0 Å². The molecule has 1 aromatic rings. The summed E-state index contributed by atoms with van der Waals surface area (Å²) in [6, 6.07) is 5.44. The Morgan fingerprint density at radius 2 is 2.25 bits per heavy atom. The summed E-state index contributed by atoms with van der Waals surface area (Å²) in [6.45, 7) is 2.75. The Kier molecular flexibility index (Phi) is 6.73. The third-order valence-electron chi connectivity index (χ3n) is 2.78. The van der Waals surface area contributed by atoms with Gasteiger partial charge in [0.15, 0.2) is 0 Å². The molecule has 0 aliphatic heterocycles. The summed E-state index contributed by atoms with van der Waals surface area (Å²) in [5, 5.41) is 2.95. The van der Waals surface area contributed by atoms with Gasteiger partial charge in [-0.15, -0.1) is 0 Å². The summed E-state index contributed by atoms with van der Waals surface area (Å²) in [5.74, 6) is 0.446. The fourth-order valence-corrected chi connectivity index (χ4v) is 1.71. The van der Waals surface area contributed by atoms with Crippen molar-refractivity contribution in [2.75, 3.05) is 27.7 Å². The summed E-state index contributed by atoms with van der Waals surface area (Å²) >= 11 is 0. The second kappa shape index (κ2) is 8.32. The van der Waals surface area contributed by atoms with E-state index in [1.54, 1.807) is 19.3 Å². The van der Waals surface area contributed by atoms with Crippen LogP contribution in [0.2, 0.25) is 0 Å². The molecular weight excluding hydrogens is 254 g/mol. The van der Waals surface area contributed by atoms with Crippen molar-refractivity contribution in [2.24, 2.45) is 0 Å². The molecule has 5 nitrogen and oxygen atoms in total. The fourth-order valence-electron chi connectivity index (χ4n) is 1.71. The number of ether oxygens (including phenoxy) is 1. The van der Waals surface area contributed by atoms with Crippen molar-refractivity contribution < 1.29 is 9.53 Å². The number of amides is 1. The molecule has 0 aromatic carbocycles. The normalized spacial score (nSPS) is 12.7. The van der Waals surface area contributed by atoms with Gasteiger partial charge in [0.1, 0.15) is 0 Å². The molecule has 0 saturated heterocycles. The number of nitrogens with zero attached hydrogens (tertiary/aromatic N) is 2. The lowest BCUT2D eigenvalue weighted by Gasteiger charge is -2.16. The van der Waals surface area contributed by atoms with Gasteiger partial charge in [0, 0.05) is 18.7 Å². The molecule has 1 atom stereocenters. The molecule has 1 N–H and O–H groups in total. The van der Waals surface area contributed by atoms with Crippen molar-refractivity contribution in [1.29, 1.82) is 0 Å². The first-order valence-electron chi connectivity index (χ1n) is 6.69. The first kappa shape index (κ1) is 16.2. The second-order valence-corrected chi connectivity index (χ2v) is 4.74. The number of hydrogen-bond donors (Lipinski definition) is 1. The van der Waals surface area contributed by atoms with E-state index in [-0.39, 0.29) is 11.9 Å². The standard InChI is InChI=1S/C15H23N3O2/c1-5-12(13-8-6-10-15(17-13)20-4)16-14(19)9-7-11-18(2)3/h6-10,12H,5,11H2,1-4H3,(H,16,19)/b9-7+. The highest BCUT2D eigenvalue weighted by atomic mass is 16.5. The largest absolute Gasteiger partial charge is 0.481 e. The molecule has 0 spiro atoms. The van der Waals surface area contributed by atoms with Crippen molar-refractivity contribution in [2.45, 2.75) is 19.4 Å². The van der Waals surface area contributed by atoms with Gasteiger partial charge in [-0.2, -0.15) is 0 Å². The lowest BCUT2D eigenvalue weighted by atomic mass is 10.1. The average Bonchev–Trinajstić information content (AvgIpc) is 2.44. The van der Waals surface area contributed by atoms with E-state index >= 15 is 0 Å². The second-order valence-electron chi connectivity index (χ2n) is 4.74. The number of nitrogens with one attached hydrogen (secondary N) is 1. The topological polar surface area (TPSA) is 54.5 Å². The molecule has 5 heteroatoms. The smallest absolute Gasteiger partial charge is 0.244 e. The minimum absolute atomic E-state index is 0.108. The van der Waals surface area contributed by atoms with E-state index < -0.39 is 0 Å². The summed E-state index contributed by atoms with van der Waals surface area (Å²) in [6.07, 6.45) is 4.16. The zero-order valence-corrected chi connectivity index (χ0v) is 12.6. The van der Waals surface area contributed by atoms with Crippen LogP contribution in [0.3, 0.4) is 0 Å². The van der Waals surface area contributed by atoms with Crippen molar-refractivity contribution in [3.05, 3.63) is 36.0 Å². The Balaban J connectivity index is 2.66. The Labute approximate surface area is 120 Å². The predicted octanol–water partition coefficient (Wildman–Crippen LogP) is 1.78. The van der Waals surface area contributed by atoms with Crippen LogP contribution >= 0.6 is 0 Å². The molecule has 1 heterocycles. The number of likely N-dealkylation sites (N-methyl/N-ethyl adjacent to an activating group) is 1. The van der Waals surface area contributed by atoms with Crippen LogP contribution in [0, 0.1) is 0 Å². The number of aromatic nitrogens is 1. The number of carbonyl (C=O) groups excluding carboxylic acids is 1. The minimum Gasteiger partial charge on any atom is -0.481 e. The van der Waals surface area contributed by atoms with Crippen molar-refractivity contribution >= 4 is 5.91 Å². The molecule has 1 aromatic heterocycles. The third-order valence-corrected chi connectivity index (χ3v) is 2.78. The van der Waals surface area contributed by atoms with Crippen LogP contribution in [0.1, 0.15) is 25.1 Å². The van der Waals surface area contributed by atoms with Gasteiger partial charge in [-0.1, -0.05) is 19.1 Å². The molecule has 0 aliphatic carbocycles. The predicted molar refractivity (Wildman–Crippen MR) is 79.7 cm³/mol. The maximum Gasteiger partial charge on any atom is 0.244 e. The van der Waals surface area contributed by atoms with Crippen LogP contribution in [-0.4, -0.2) is 43.5 Å². The first-order chi connectivity index (χ1) is 9.56. The first-order valence-corrected chi connectivity index (χ1v) is 6.69. The SMILES string of the molecule is CCC(NC(=O)/C=C/CN(C)C)c1cccc(OC)n1. The number of rotatable bonds is 7. The summed E-state index contributed by atoms with van der Waals surface area (Å²) in [7, 11) is 5.49. The number of pyridine rings is 1. The third kappa shape index (κ3) is 5.40. The van der Waals surface area contributed by atoms with E-state index in [4.69, 9.17) is 4.74 Å². The molecule has 110 valence electrons. The quantitative estimate of drug-likeness (QED) is 0.772. The van der Waals surface area contributed by atoms with Crippen LogP contribution in [-0.2, 0) is 4.79 Å². The van der Waals surface area contributed by atoms with Gasteiger partial charge in [-0.05, 0) is 26.6 Å². The van der Waals surface area contributed by atoms with Crippen molar-refractivity contribution in [3.8, 4) is 5.88 Å². The Morgan fingerprint density at radius 3 is 2.85 bits per heavy atom. The molecule has 0 bridgehead atoms. The van der Waals surface area contributed by atoms with E-state index in [0.717, 1.165) is 18.7 Å². The van der Waals surface area contributed by atoms with Gasteiger partial charge in [0.2, 0.25) is 11.8 Å². The highest BCUT2D eigenvalue weighted by molar-refractivity contribution is 5.87. The Bertz CT molecular complexity index is 458. The number of hydrogen-bond acceptors (Lipinski definition) is 4. The molecule has 0 fully saturated rings. The van der Waals surface area contributed by atoms with Gasteiger partial charge in [0.25, 0.3) is 0 Å². The van der Waals surface area contributed by atoms with E-state index in [9.17, 15) is 4.79 Å². The number of methoxy groups -OCH3 is 1. The Hall–Kier alpha value is -1.88. The molecule has 1 amide bonds. The molecule has 1 rings (SSSR count). The van der Waals surface area contributed by atoms with Gasteiger partial charge in [-0.3, -0.25) is 4.79 Å². The summed E-state index contributed by atoms with van der Waals surface area (Å²) < 4.78 is 5.10. The molecular formula is C15H23N3O2. The van der Waals surface area contributed by atoms with E-state index in [1.165, 1.54) is 0 Å². The minimum atomic E-state index is -0.110. The lowest BCUT2D eigenvalue weighted by Crippen LogP contribution is -2.27. The summed E-state index contributed by atoms with van der Waals surface area (Å²) in [5.41, 5.74) is 0.807. The van der Waals surface area contributed by atoms with Crippen LogP contribution in [0.5, 0.6) is 5.88 Å². The Morgan fingerprint density at radius 1 is 1.50 bits per heavy atom. The van der Waals surface area contributed by atoms with Gasteiger partial charge in [0.05, 0.1) is 18.8 Å². The molecule has 0 radical (unpaired) electrons. The highest BCUT2D eigenvalue weighted by Crippen LogP contribution is 2.17. The zero-order chi connectivity index (χ0) is 15.0. The summed E-state index contributed by atoms with van der Waals surface area (Å²) in [4.78, 5) is 18.2. The van der Waals surface area contributed by atoms with E-state index in [2.05, 4.69) is 10.3 Å². The van der Waals surface area contributed by atoms with Gasteiger partial charge < -0.3 is 15.0 Å². The highest BCUT2D eigenvalue weighted by Gasteiger charge is 2.13. The maximum absolute atomic E-state index is 11.8. The monoisotopic (exact) mass is 277 g/mol. The maximum atomic E-state index is 11.8. The fraction of sp³-hybridized carbons (Fsp3) is 0.467. The molecule has 20 heavy (non-hydrogen) atoms. The van der Waals surface area contributed by atoms with Gasteiger partial charge in [-0.25, -0.2) is 4.98 Å². The molecule has 0 aliphatic rings. The van der Waals surface area contributed by atoms with Crippen LogP contribution < -0.4 is 10.1 Å². The number of carbonyl (C=O) groups is 1. The van der Waals surface area contributed by atoms with E-state index in [0.29, 0.717) is 5.88 Å². The van der Waals surface area contributed by atoms with E-state index in [1.807, 2.05) is 44.1 Å². The molecule has 1 unspecified atom stereocenters. The van der Waals surface area contributed by atoms with Crippen LogP contribution in [0.25, 0.3) is 0 Å². The van der Waals surface area contributed by atoms with Crippen molar-refractivity contribution in [3.63, 3.8) is 0 Å². The average molecular weight is 277 g/mol. The lowest BCUT2D eigenvalue weighted by molar-refractivity contribution is -0.117. The van der Waals surface area contributed by atoms with Crippen molar-refractivity contribution in [1.82, 2.24) is 15.2 Å². The van der Waals surface area contributed by atoms with Crippen LogP contribution in [0.15, 0.2) is 30.4 Å². The molecule has 0 saturated carbocycles. The zero-order valence-electron chi connectivity index (χ0n) is 12.6. The van der Waals surface area contributed by atoms with Crippen LogP contribution in [0.4, 0.5) is 0 Å².